The molecule has 0 aliphatic carbocycles. The Balaban J connectivity index is 2.23. The van der Waals surface area contributed by atoms with Gasteiger partial charge in [0, 0.05) is 12.2 Å². The number of ether oxygens (including phenoxy) is 1. The Bertz CT molecular complexity index is 786. The van der Waals surface area contributed by atoms with Crippen LogP contribution in [0.15, 0.2) is 59.5 Å². The van der Waals surface area contributed by atoms with Crippen LogP contribution >= 0.6 is 0 Å². The quantitative estimate of drug-likeness (QED) is 0.724. The van der Waals surface area contributed by atoms with E-state index in [0.717, 1.165) is 12.8 Å². The summed E-state index contributed by atoms with van der Waals surface area (Å²) in [5.41, 5.74) is 0.669. The lowest BCUT2D eigenvalue weighted by molar-refractivity contribution is -0.116. The SMILES string of the molecule is CCCCN(C(=O)CS(=O)(=O)c1ccccc1)c1ccc(OC)cc1. The van der Waals surface area contributed by atoms with Crippen LogP contribution in [0.4, 0.5) is 5.69 Å². The summed E-state index contributed by atoms with van der Waals surface area (Å²) in [7, 11) is -2.10. The molecule has 0 fully saturated rings. The minimum Gasteiger partial charge on any atom is -0.497 e. The van der Waals surface area contributed by atoms with Gasteiger partial charge in [0.2, 0.25) is 5.91 Å². The number of nitrogens with zero attached hydrogens (tertiary/aromatic N) is 1. The summed E-state index contributed by atoms with van der Waals surface area (Å²) >= 11 is 0. The van der Waals surface area contributed by atoms with E-state index in [-0.39, 0.29) is 4.90 Å². The van der Waals surface area contributed by atoms with Crippen molar-refractivity contribution in [3.05, 3.63) is 54.6 Å². The van der Waals surface area contributed by atoms with Crippen LogP contribution < -0.4 is 9.64 Å². The topological polar surface area (TPSA) is 63.7 Å². The molecule has 6 heteroatoms. The van der Waals surface area contributed by atoms with Crippen molar-refractivity contribution in [1.82, 2.24) is 0 Å². The van der Waals surface area contributed by atoms with Gasteiger partial charge in [0.25, 0.3) is 0 Å². The Morgan fingerprint density at radius 1 is 1.04 bits per heavy atom. The number of hydrogen-bond acceptors (Lipinski definition) is 4. The summed E-state index contributed by atoms with van der Waals surface area (Å²) in [6.07, 6.45) is 1.70. The lowest BCUT2D eigenvalue weighted by Gasteiger charge is -2.23. The number of sulfone groups is 1. The van der Waals surface area contributed by atoms with E-state index in [0.29, 0.717) is 18.0 Å². The average Bonchev–Trinajstić information content (AvgIpc) is 2.63. The highest BCUT2D eigenvalue weighted by molar-refractivity contribution is 7.92. The molecule has 0 heterocycles. The summed E-state index contributed by atoms with van der Waals surface area (Å²) in [5.74, 6) is -0.293. The molecule has 1 amide bonds. The summed E-state index contributed by atoms with van der Waals surface area (Å²) in [5, 5.41) is 0. The number of anilines is 1. The molecule has 0 saturated heterocycles. The fourth-order valence-electron chi connectivity index (χ4n) is 2.43. The molecule has 25 heavy (non-hydrogen) atoms. The number of benzene rings is 2. The molecule has 2 aromatic rings. The smallest absolute Gasteiger partial charge is 0.242 e. The molecule has 0 aromatic heterocycles. The van der Waals surface area contributed by atoms with E-state index in [2.05, 4.69) is 0 Å². The van der Waals surface area contributed by atoms with Gasteiger partial charge in [-0.3, -0.25) is 4.79 Å². The third-order valence-corrected chi connectivity index (χ3v) is 5.45. The van der Waals surface area contributed by atoms with E-state index in [1.54, 1.807) is 49.6 Å². The second-order valence-electron chi connectivity index (χ2n) is 5.67. The maximum Gasteiger partial charge on any atom is 0.242 e. The van der Waals surface area contributed by atoms with Gasteiger partial charge in [-0.15, -0.1) is 0 Å². The number of methoxy groups -OCH3 is 1. The molecule has 0 bridgehead atoms. The molecule has 2 rings (SSSR count). The molecule has 0 unspecified atom stereocenters. The summed E-state index contributed by atoms with van der Waals surface area (Å²) in [6, 6.07) is 15.1. The van der Waals surface area contributed by atoms with Gasteiger partial charge in [0.15, 0.2) is 9.84 Å². The van der Waals surface area contributed by atoms with Crippen LogP contribution in [0, 0.1) is 0 Å². The number of unbranched alkanes of at least 4 members (excludes halogenated alkanes) is 1. The maximum absolute atomic E-state index is 12.7. The van der Waals surface area contributed by atoms with Crippen molar-refractivity contribution >= 4 is 21.4 Å². The second kappa shape index (κ2) is 8.67. The predicted molar refractivity (Wildman–Crippen MR) is 98.7 cm³/mol. The monoisotopic (exact) mass is 361 g/mol. The zero-order valence-electron chi connectivity index (χ0n) is 14.5. The van der Waals surface area contributed by atoms with Gasteiger partial charge in [-0.1, -0.05) is 31.5 Å². The molecular formula is C19H23NO4S. The van der Waals surface area contributed by atoms with E-state index >= 15 is 0 Å². The summed E-state index contributed by atoms with van der Waals surface area (Å²) in [6.45, 7) is 2.50. The Kier molecular flexibility index (Phi) is 6.58. The van der Waals surface area contributed by atoms with Crippen LogP contribution in [-0.4, -0.2) is 33.7 Å². The van der Waals surface area contributed by atoms with E-state index < -0.39 is 21.5 Å². The largest absolute Gasteiger partial charge is 0.497 e. The molecule has 0 radical (unpaired) electrons. The van der Waals surface area contributed by atoms with Gasteiger partial charge in [-0.05, 0) is 42.8 Å². The predicted octanol–water partition coefficient (Wildman–Crippen LogP) is 3.30. The van der Waals surface area contributed by atoms with E-state index in [9.17, 15) is 13.2 Å². The molecular weight excluding hydrogens is 338 g/mol. The van der Waals surface area contributed by atoms with Gasteiger partial charge in [0.1, 0.15) is 11.5 Å². The van der Waals surface area contributed by atoms with Crippen molar-refractivity contribution in [3.8, 4) is 5.75 Å². The third-order valence-electron chi connectivity index (χ3n) is 3.84. The molecule has 0 atom stereocenters. The van der Waals surface area contributed by atoms with E-state index in [1.807, 2.05) is 6.92 Å². The van der Waals surface area contributed by atoms with Crippen molar-refractivity contribution in [2.75, 3.05) is 24.3 Å². The maximum atomic E-state index is 12.7. The second-order valence-corrected chi connectivity index (χ2v) is 7.66. The van der Waals surface area contributed by atoms with Crippen molar-refractivity contribution in [2.24, 2.45) is 0 Å². The first kappa shape index (κ1) is 19.0. The Morgan fingerprint density at radius 3 is 2.24 bits per heavy atom. The lowest BCUT2D eigenvalue weighted by atomic mass is 10.2. The molecule has 0 saturated carbocycles. The van der Waals surface area contributed by atoms with E-state index in [4.69, 9.17) is 4.74 Å². The highest BCUT2D eigenvalue weighted by atomic mass is 32.2. The number of amides is 1. The first-order valence-electron chi connectivity index (χ1n) is 8.20. The summed E-state index contributed by atoms with van der Waals surface area (Å²) in [4.78, 5) is 14.4. The number of carbonyl (C=O) groups is 1. The van der Waals surface area contributed by atoms with Crippen LogP contribution in [0.5, 0.6) is 5.75 Å². The van der Waals surface area contributed by atoms with Crippen LogP contribution in [-0.2, 0) is 14.6 Å². The molecule has 0 N–H and O–H groups in total. The van der Waals surface area contributed by atoms with Crippen molar-refractivity contribution in [2.45, 2.75) is 24.7 Å². The lowest BCUT2D eigenvalue weighted by Crippen LogP contribution is -2.36. The van der Waals surface area contributed by atoms with Crippen molar-refractivity contribution in [3.63, 3.8) is 0 Å². The van der Waals surface area contributed by atoms with Crippen LogP contribution in [0.25, 0.3) is 0 Å². The Morgan fingerprint density at radius 2 is 1.68 bits per heavy atom. The van der Waals surface area contributed by atoms with Gasteiger partial charge in [-0.25, -0.2) is 8.42 Å². The van der Waals surface area contributed by atoms with Crippen LogP contribution in [0.2, 0.25) is 0 Å². The minimum absolute atomic E-state index is 0.161. The normalized spacial score (nSPS) is 11.1. The molecule has 134 valence electrons. The van der Waals surface area contributed by atoms with Gasteiger partial charge < -0.3 is 9.64 Å². The first-order valence-corrected chi connectivity index (χ1v) is 9.85. The highest BCUT2D eigenvalue weighted by Gasteiger charge is 2.24. The Labute approximate surface area is 149 Å². The number of hydrogen-bond donors (Lipinski definition) is 0. The van der Waals surface area contributed by atoms with Gasteiger partial charge >= 0.3 is 0 Å². The highest BCUT2D eigenvalue weighted by Crippen LogP contribution is 2.21. The summed E-state index contributed by atoms with van der Waals surface area (Å²) < 4.78 is 30.1. The molecule has 0 aliphatic heterocycles. The minimum atomic E-state index is -3.67. The van der Waals surface area contributed by atoms with Crippen LogP contribution in [0.3, 0.4) is 0 Å². The van der Waals surface area contributed by atoms with Crippen molar-refractivity contribution < 1.29 is 17.9 Å². The first-order chi connectivity index (χ1) is 12.0. The Hall–Kier alpha value is -2.34. The van der Waals surface area contributed by atoms with Gasteiger partial charge in [0.05, 0.1) is 12.0 Å². The average molecular weight is 361 g/mol. The third kappa shape index (κ3) is 5.06. The van der Waals surface area contributed by atoms with Crippen LogP contribution in [0.1, 0.15) is 19.8 Å². The van der Waals surface area contributed by atoms with E-state index in [1.165, 1.54) is 17.0 Å². The number of carbonyl (C=O) groups excluding carboxylic acids is 1. The molecule has 0 spiro atoms. The fourth-order valence-corrected chi connectivity index (χ4v) is 3.65. The zero-order chi connectivity index (χ0) is 18.3. The molecule has 0 aliphatic rings. The molecule has 2 aromatic carbocycles. The standard InChI is InChI=1S/C19H23NO4S/c1-3-4-14-20(16-10-12-17(24-2)13-11-16)19(21)15-25(22,23)18-8-6-5-7-9-18/h5-13H,3-4,14-15H2,1-2H3. The molecule has 5 nitrogen and oxygen atoms in total. The van der Waals surface area contributed by atoms with Gasteiger partial charge in [-0.2, -0.15) is 0 Å². The zero-order valence-corrected chi connectivity index (χ0v) is 15.3. The van der Waals surface area contributed by atoms with Crippen molar-refractivity contribution in [1.29, 1.82) is 0 Å². The fraction of sp³-hybridized carbons (Fsp3) is 0.316. The number of rotatable bonds is 8.